The van der Waals surface area contributed by atoms with Gasteiger partial charge < -0.3 is 19.4 Å². The largest absolute Gasteiger partial charge is 1.00 e. The number of anilines is 1. The van der Waals surface area contributed by atoms with Crippen LogP contribution in [0.2, 0.25) is 0 Å². The number of carbonyl (C=O) groups excluding carboxylic acids is 1. The molecule has 0 bridgehead atoms. The number of rotatable bonds is 17. The van der Waals surface area contributed by atoms with Crippen LogP contribution < -0.4 is 113 Å². The second-order valence-electron chi connectivity index (χ2n) is 14.4. The molecule has 0 spiro atoms. The summed E-state index contributed by atoms with van der Waals surface area (Å²) < 4.78 is 41.0. The van der Waals surface area contributed by atoms with Crippen molar-refractivity contribution < 1.29 is 144 Å². The van der Waals surface area contributed by atoms with E-state index in [1.54, 1.807) is 0 Å². The van der Waals surface area contributed by atoms with E-state index in [1.807, 2.05) is 78.3 Å². The van der Waals surface area contributed by atoms with E-state index in [-0.39, 0.29) is 133 Å². The molecule has 2 aliphatic rings. The molecule has 0 aromatic heterocycles. The van der Waals surface area contributed by atoms with E-state index in [0.29, 0.717) is 13.0 Å². The third-order valence-electron chi connectivity index (χ3n) is 9.88. The van der Waals surface area contributed by atoms with Crippen LogP contribution in [0.5, 0.6) is 0 Å². The van der Waals surface area contributed by atoms with E-state index in [1.165, 1.54) is 12.7 Å². The quantitative estimate of drug-likeness (QED) is 0.0288. The van der Waals surface area contributed by atoms with E-state index in [4.69, 9.17) is 4.33 Å². The molecule has 2 heterocycles. The molecule has 5 rings (SSSR count). The number of benzene rings is 3. The van der Waals surface area contributed by atoms with Crippen LogP contribution in [0.3, 0.4) is 0 Å². The van der Waals surface area contributed by atoms with Crippen LogP contribution in [0.1, 0.15) is 65.0 Å². The molecule has 3 aromatic rings. The minimum Gasteiger partial charge on any atom is -0.748 e. The zero-order valence-electron chi connectivity index (χ0n) is 33.5. The third-order valence-corrected chi connectivity index (χ3v) is 11.2. The van der Waals surface area contributed by atoms with Gasteiger partial charge in [-0.2, -0.15) is 4.58 Å². The number of carboxylic acids is 1. The van der Waals surface area contributed by atoms with Crippen LogP contribution in [-0.2, 0) is 40.0 Å². The Kier molecular flexibility index (Phi) is 19.4. The standard InChI is InChI=1S/C42H48N2O8S2.2K/c1-30(15-13-19-39-42(4,5)35-29-33(53-52-51-50-6)21-23-36(35)44(39)26-24-40(45)46)14-12-18-38-41(2,3)34-22-20-32(31-16-8-7-9-17-31)28-37(34)43(38)25-10-11-27-54(47,48)49;;/h7-9,12-23,28-29H,10-11,24-27H2,1-6H3,(H-,45,46,47,48,49);;/q;2*+1/p-1. The van der Waals surface area contributed by atoms with Gasteiger partial charge in [0.05, 0.1) is 34.7 Å². The topological polar surface area (TPSA) is 131 Å². The monoisotopic (exact) mass is 849 g/mol. The molecule has 286 valence electrons. The first kappa shape index (κ1) is 49.3. The molecule has 0 N–H and O–H groups in total. The maximum Gasteiger partial charge on any atom is 1.00 e. The maximum absolute atomic E-state index is 11.5. The Morgan fingerprint density at radius 3 is 2.34 bits per heavy atom. The molecule has 56 heavy (non-hydrogen) atoms. The fraction of sp³-hybridized carbons (Fsp3) is 0.333. The maximum atomic E-state index is 11.5. The van der Waals surface area contributed by atoms with Gasteiger partial charge >= 0.3 is 103 Å². The second kappa shape index (κ2) is 22.0. The van der Waals surface area contributed by atoms with Gasteiger partial charge in [0.15, 0.2) is 12.3 Å². The SMILES string of the molecule is COOOSc1ccc2c(c1)C(C)(C)C(/C=C/C=C(C)/C=C/C=C1/N(CCCCS(=O)(=O)[O-])c3cc(-c4ccccc4)ccc3C1(C)C)=[N+]2CCC(=O)[O-].[K+].[K+]. The summed E-state index contributed by atoms with van der Waals surface area (Å²) in [6.45, 7) is 11.4. The zero-order valence-corrected chi connectivity index (χ0v) is 41.4. The summed E-state index contributed by atoms with van der Waals surface area (Å²) in [6, 6.07) is 22.5. The van der Waals surface area contributed by atoms with Crippen molar-refractivity contribution in [3.8, 4) is 11.1 Å². The average molecular weight is 850 g/mol. The van der Waals surface area contributed by atoms with E-state index >= 15 is 0 Å². The third kappa shape index (κ3) is 12.5. The first-order valence-electron chi connectivity index (χ1n) is 17.8. The molecule has 3 aromatic carbocycles. The van der Waals surface area contributed by atoms with E-state index in [0.717, 1.165) is 62.0 Å². The van der Waals surface area contributed by atoms with Crippen LogP contribution in [0, 0.1) is 0 Å². The van der Waals surface area contributed by atoms with Gasteiger partial charge in [-0.25, -0.2) is 13.3 Å². The smallest absolute Gasteiger partial charge is 0.748 e. The minimum atomic E-state index is -4.28. The number of hydrogen-bond acceptors (Lipinski definition) is 10. The minimum absolute atomic E-state index is 0. The van der Waals surface area contributed by atoms with Gasteiger partial charge in [-0.05, 0) is 74.6 Å². The summed E-state index contributed by atoms with van der Waals surface area (Å²) in [5, 5.41) is 16.0. The van der Waals surface area contributed by atoms with Gasteiger partial charge in [0.25, 0.3) is 0 Å². The summed E-state index contributed by atoms with van der Waals surface area (Å²) in [5.41, 5.74) is 8.65. The molecule has 2 aliphatic heterocycles. The summed E-state index contributed by atoms with van der Waals surface area (Å²) in [5.74, 6) is -1.50. The Balaban J connectivity index is 0.00000420. The van der Waals surface area contributed by atoms with E-state index in [2.05, 4.69) is 78.9 Å². The fourth-order valence-corrected chi connectivity index (χ4v) is 8.16. The predicted molar refractivity (Wildman–Crippen MR) is 210 cm³/mol. The number of allylic oxidation sites excluding steroid dienone is 8. The van der Waals surface area contributed by atoms with Crippen molar-refractivity contribution >= 4 is 45.2 Å². The Hall–Kier alpha value is -1.03. The summed E-state index contributed by atoms with van der Waals surface area (Å²) >= 11 is 1.02. The molecule has 0 fully saturated rings. The molecule has 0 radical (unpaired) electrons. The van der Waals surface area contributed by atoms with Gasteiger partial charge in [0.2, 0.25) is 5.69 Å². The van der Waals surface area contributed by atoms with Crippen molar-refractivity contribution in [1.29, 1.82) is 0 Å². The Bertz CT molecular complexity index is 2130. The summed E-state index contributed by atoms with van der Waals surface area (Å²) in [7, 11) is -2.93. The molecule has 0 amide bonds. The molecular weight excluding hydrogens is 803 g/mol. The number of carbonyl (C=O) groups is 1. The normalized spacial score (nSPS) is 16.7. The van der Waals surface area contributed by atoms with Gasteiger partial charge in [0, 0.05) is 64.1 Å². The van der Waals surface area contributed by atoms with Crippen molar-refractivity contribution in [3.05, 3.63) is 126 Å². The number of aliphatic carboxylic acids is 1. The Morgan fingerprint density at radius 2 is 1.66 bits per heavy atom. The average Bonchev–Trinajstić information content (AvgIpc) is 3.46. The summed E-state index contributed by atoms with van der Waals surface area (Å²) in [6.07, 6.45) is 12.9. The second-order valence-corrected chi connectivity index (χ2v) is 16.7. The van der Waals surface area contributed by atoms with Crippen molar-refractivity contribution in [1.82, 2.24) is 0 Å². The van der Waals surface area contributed by atoms with Gasteiger partial charge in [-0.3, -0.25) is 0 Å². The zero-order chi connectivity index (χ0) is 39.1. The van der Waals surface area contributed by atoms with Crippen LogP contribution in [-0.4, -0.2) is 55.2 Å². The Labute approximate surface area is 420 Å². The Morgan fingerprint density at radius 1 is 0.929 bits per heavy atom. The van der Waals surface area contributed by atoms with Crippen molar-refractivity contribution in [3.63, 3.8) is 0 Å². The fourth-order valence-electron chi connectivity index (χ4n) is 7.16. The van der Waals surface area contributed by atoms with Crippen molar-refractivity contribution in [2.45, 2.75) is 69.6 Å². The number of carboxylic acid groups (broad SMARTS) is 1. The van der Waals surface area contributed by atoms with Gasteiger partial charge in [-0.15, -0.1) is 4.33 Å². The first-order chi connectivity index (χ1) is 25.6. The molecule has 0 aliphatic carbocycles. The van der Waals surface area contributed by atoms with Gasteiger partial charge in [0.1, 0.15) is 0 Å². The number of hydrogen-bond donors (Lipinski definition) is 0. The number of fused-ring (bicyclic) bond motifs is 2. The molecule has 0 saturated carbocycles. The van der Waals surface area contributed by atoms with Crippen LogP contribution in [0.25, 0.3) is 11.1 Å². The molecule has 10 nitrogen and oxygen atoms in total. The molecule has 0 unspecified atom stereocenters. The molecule has 0 saturated heterocycles. The van der Waals surface area contributed by atoms with E-state index in [9.17, 15) is 22.9 Å². The molecule has 0 atom stereocenters. The van der Waals surface area contributed by atoms with Crippen LogP contribution in [0.15, 0.2) is 119 Å². The van der Waals surface area contributed by atoms with Crippen LogP contribution in [0.4, 0.5) is 11.4 Å². The van der Waals surface area contributed by atoms with Gasteiger partial charge in [-0.1, -0.05) is 91.2 Å². The van der Waals surface area contributed by atoms with Crippen LogP contribution >= 0.6 is 12.0 Å². The first-order valence-corrected chi connectivity index (χ1v) is 20.1. The molecule has 14 heteroatoms. The predicted octanol–water partition coefficient (Wildman–Crippen LogP) is 1.46. The number of unbranched alkanes of at least 4 members (excludes halogenated alkanes) is 1. The number of nitrogens with zero attached hydrogens (tertiary/aromatic N) is 2. The van der Waals surface area contributed by atoms with Crippen molar-refractivity contribution in [2.24, 2.45) is 0 Å². The van der Waals surface area contributed by atoms with E-state index < -0.39 is 21.5 Å². The summed E-state index contributed by atoms with van der Waals surface area (Å²) in [4.78, 5) is 19.0. The van der Waals surface area contributed by atoms with Crippen molar-refractivity contribution in [2.75, 3.05) is 30.9 Å². The molecular formula is C42H47K2N2O8S2+.